The van der Waals surface area contributed by atoms with E-state index in [1.54, 1.807) is 0 Å². The molecule has 0 amide bonds. The number of nitrogens with zero attached hydrogens (tertiary/aromatic N) is 4. The van der Waals surface area contributed by atoms with Crippen LogP contribution in [-0.2, 0) is 0 Å². The molecule has 0 radical (unpaired) electrons. The van der Waals surface area contributed by atoms with E-state index < -0.39 is 0 Å². The Labute approximate surface area is 139 Å². The Kier molecular flexibility index (Phi) is 3.80. The van der Waals surface area contributed by atoms with Gasteiger partial charge in [-0.1, -0.05) is 18.0 Å². The van der Waals surface area contributed by atoms with Crippen molar-refractivity contribution in [2.75, 3.05) is 25.0 Å². The van der Waals surface area contributed by atoms with E-state index in [1.165, 1.54) is 30.6 Å². The molecule has 2 aliphatic heterocycles. The van der Waals surface area contributed by atoms with Crippen molar-refractivity contribution >= 4 is 28.8 Å². The van der Waals surface area contributed by atoms with Gasteiger partial charge < -0.3 is 4.90 Å². The smallest absolute Gasteiger partial charge is 0.151 e. The molecule has 0 saturated carbocycles. The predicted molar refractivity (Wildman–Crippen MR) is 91.8 cm³/mol. The van der Waals surface area contributed by atoms with E-state index in [9.17, 15) is 0 Å². The van der Waals surface area contributed by atoms with E-state index in [-0.39, 0.29) is 0 Å². The number of thiophene rings is 1. The van der Waals surface area contributed by atoms with E-state index in [0.29, 0.717) is 12.1 Å². The molecule has 4 nitrogen and oxygen atoms in total. The first-order valence-electron chi connectivity index (χ1n) is 7.77. The summed E-state index contributed by atoms with van der Waals surface area (Å²) in [5, 5.41) is 8.86. The SMILES string of the molecule is CN1C2CCCC1CN(c1ccc(-c3ccc(Cl)s3)nn1)C2. The van der Waals surface area contributed by atoms with Gasteiger partial charge in [0.05, 0.1) is 9.21 Å². The van der Waals surface area contributed by atoms with Crippen LogP contribution in [0.25, 0.3) is 10.6 Å². The lowest BCUT2D eigenvalue weighted by Crippen LogP contribution is -2.59. The van der Waals surface area contributed by atoms with Gasteiger partial charge in [-0.2, -0.15) is 0 Å². The maximum Gasteiger partial charge on any atom is 0.151 e. The summed E-state index contributed by atoms with van der Waals surface area (Å²) in [5.41, 5.74) is 0.898. The van der Waals surface area contributed by atoms with E-state index in [4.69, 9.17) is 11.6 Å². The molecule has 0 N–H and O–H groups in total. The van der Waals surface area contributed by atoms with Gasteiger partial charge in [0.15, 0.2) is 5.82 Å². The maximum absolute atomic E-state index is 5.99. The van der Waals surface area contributed by atoms with E-state index in [0.717, 1.165) is 33.8 Å². The second kappa shape index (κ2) is 5.80. The minimum absolute atomic E-state index is 0.657. The van der Waals surface area contributed by atoms with Crippen molar-refractivity contribution in [3.05, 3.63) is 28.6 Å². The van der Waals surface area contributed by atoms with Crippen LogP contribution in [0, 0.1) is 0 Å². The molecule has 2 fully saturated rings. The van der Waals surface area contributed by atoms with Gasteiger partial charge in [0, 0.05) is 25.2 Å². The van der Waals surface area contributed by atoms with Crippen LogP contribution in [0.1, 0.15) is 19.3 Å². The van der Waals surface area contributed by atoms with Crippen LogP contribution < -0.4 is 4.90 Å². The molecule has 2 aromatic rings. The summed E-state index contributed by atoms with van der Waals surface area (Å²) >= 11 is 7.53. The van der Waals surface area contributed by atoms with Crippen LogP contribution in [0.2, 0.25) is 4.34 Å². The van der Waals surface area contributed by atoms with Crippen molar-refractivity contribution < 1.29 is 0 Å². The first-order chi connectivity index (χ1) is 10.7. The second-order valence-corrected chi connectivity index (χ2v) is 7.90. The highest BCUT2D eigenvalue weighted by Gasteiger charge is 2.35. The molecule has 6 heteroatoms. The zero-order valence-electron chi connectivity index (χ0n) is 12.6. The van der Waals surface area contributed by atoms with Gasteiger partial charge in [-0.15, -0.1) is 21.5 Å². The molecule has 2 atom stereocenters. The van der Waals surface area contributed by atoms with Gasteiger partial charge in [-0.25, -0.2) is 0 Å². The van der Waals surface area contributed by atoms with Gasteiger partial charge in [0.2, 0.25) is 0 Å². The van der Waals surface area contributed by atoms with Gasteiger partial charge in [-0.3, -0.25) is 4.90 Å². The highest BCUT2D eigenvalue weighted by atomic mass is 35.5. The van der Waals surface area contributed by atoms with Crippen LogP contribution in [0.4, 0.5) is 5.82 Å². The Morgan fingerprint density at radius 3 is 2.45 bits per heavy atom. The molecule has 0 aliphatic carbocycles. The Bertz CT molecular complexity index is 642. The highest BCUT2D eigenvalue weighted by Crippen LogP contribution is 2.31. The van der Waals surface area contributed by atoms with Crippen LogP contribution in [-0.4, -0.2) is 47.3 Å². The van der Waals surface area contributed by atoms with Crippen molar-refractivity contribution in [1.82, 2.24) is 15.1 Å². The molecule has 116 valence electrons. The van der Waals surface area contributed by atoms with Crippen molar-refractivity contribution in [1.29, 1.82) is 0 Å². The molecule has 0 spiro atoms. The number of halogens is 1. The first kappa shape index (κ1) is 14.4. The number of likely N-dealkylation sites (N-methyl/N-ethyl adjacent to an activating group) is 1. The summed E-state index contributed by atoms with van der Waals surface area (Å²) in [4.78, 5) is 6.02. The molecular formula is C16H19ClN4S. The second-order valence-electron chi connectivity index (χ2n) is 6.19. The predicted octanol–water partition coefficient (Wildman–Crippen LogP) is 3.53. The number of aromatic nitrogens is 2. The maximum atomic E-state index is 5.99. The lowest BCUT2D eigenvalue weighted by Gasteiger charge is -2.48. The zero-order valence-corrected chi connectivity index (χ0v) is 14.1. The van der Waals surface area contributed by atoms with Crippen molar-refractivity contribution in [3.8, 4) is 10.6 Å². The number of hydrogen-bond acceptors (Lipinski definition) is 5. The molecular weight excluding hydrogens is 316 g/mol. The average molecular weight is 335 g/mol. The van der Waals surface area contributed by atoms with Crippen LogP contribution >= 0.6 is 22.9 Å². The number of piperidine rings is 1. The molecule has 2 saturated heterocycles. The fourth-order valence-electron chi connectivity index (χ4n) is 3.58. The lowest BCUT2D eigenvalue weighted by molar-refractivity contribution is 0.0946. The van der Waals surface area contributed by atoms with Gasteiger partial charge >= 0.3 is 0 Å². The molecule has 4 rings (SSSR count). The van der Waals surface area contributed by atoms with Crippen molar-refractivity contribution in [2.24, 2.45) is 0 Å². The topological polar surface area (TPSA) is 32.3 Å². The number of piperazine rings is 1. The molecule has 2 aromatic heterocycles. The van der Waals surface area contributed by atoms with Crippen LogP contribution in [0.15, 0.2) is 24.3 Å². The third-order valence-electron chi connectivity index (χ3n) is 4.89. The molecule has 22 heavy (non-hydrogen) atoms. The molecule has 2 aliphatic rings. The fourth-order valence-corrected chi connectivity index (χ4v) is 4.59. The largest absolute Gasteiger partial charge is 0.352 e. The minimum atomic E-state index is 0.657. The average Bonchev–Trinajstić information content (AvgIpc) is 2.94. The molecule has 2 unspecified atom stereocenters. The molecule has 2 bridgehead atoms. The van der Waals surface area contributed by atoms with Crippen LogP contribution in [0.3, 0.4) is 0 Å². The zero-order chi connectivity index (χ0) is 15.1. The van der Waals surface area contributed by atoms with Crippen molar-refractivity contribution in [2.45, 2.75) is 31.3 Å². The number of anilines is 1. The number of fused-ring (bicyclic) bond motifs is 2. The van der Waals surface area contributed by atoms with Gasteiger partial charge in [-0.05, 0) is 44.2 Å². The third kappa shape index (κ3) is 2.62. The fraction of sp³-hybridized carbons (Fsp3) is 0.500. The first-order valence-corrected chi connectivity index (χ1v) is 8.96. The Hall–Kier alpha value is -1.17. The quantitative estimate of drug-likeness (QED) is 0.841. The van der Waals surface area contributed by atoms with E-state index >= 15 is 0 Å². The minimum Gasteiger partial charge on any atom is -0.352 e. The number of rotatable bonds is 2. The lowest BCUT2D eigenvalue weighted by atomic mass is 9.92. The Morgan fingerprint density at radius 1 is 1.09 bits per heavy atom. The summed E-state index contributed by atoms with van der Waals surface area (Å²) < 4.78 is 0.785. The summed E-state index contributed by atoms with van der Waals surface area (Å²) in [7, 11) is 2.27. The monoisotopic (exact) mass is 334 g/mol. The van der Waals surface area contributed by atoms with Crippen LogP contribution in [0.5, 0.6) is 0 Å². The number of hydrogen-bond donors (Lipinski definition) is 0. The van der Waals surface area contributed by atoms with Gasteiger partial charge in [0.1, 0.15) is 5.69 Å². The highest BCUT2D eigenvalue weighted by molar-refractivity contribution is 7.19. The van der Waals surface area contributed by atoms with E-state index in [1.807, 2.05) is 12.1 Å². The Balaban J connectivity index is 1.54. The standard InChI is InChI=1S/C16H19ClN4S/c1-20-11-3-2-4-12(20)10-21(9-11)16-8-5-13(18-19-16)14-6-7-15(17)22-14/h5-8,11-12H,2-4,9-10H2,1H3. The third-order valence-corrected chi connectivity index (χ3v) is 6.14. The molecule has 4 heterocycles. The van der Waals surface area contributed by atoms with Gasteiger partial charge in [0.25, 0.3) is 0 Å². The Morgan fingerprint density at radius 2 is 1.86 bits per heavy atom. The summed E-state index contributed by atoms with van der Waals surface area (Å²) in [6.45, 7) is 2.12. The normalized spacial score (nSPS) is 25.5. The summed E-state index contributed by atoms with van der Waals surface area (Å²) in [6.07, 6.45) is 3.95. The molecule has 0 aromatic carbocycles. The summed E-state index contributed by atoms with van der Waals surface area (Å²) in [6, 6.07) is 9.36. The van der Waals surface area contributed by atoms with Crippen molar-refractivity contribution in [3.63, 3.8) is 0 Å². The summed E-state index contributed by atoms with van der Waals surface area (Å²) in [5.74, 6) is 0.997. The van der Waals surface area contributed by atoms with E-state index in [2.05, 4.69) is 39.2 Å².